The van der Waals surface area contributed by atoms with Crippen LogP contribution in [-0.2, 0) is 11.3 Å². The molecule has 4 heterocycles. The predicted molar refractivity (Wildman–Crippen MR) is 109 cm³/mol. The molecule has 152 valence electrons. The molecular formula is C22H32N4O2. The van der Waals surface area contributed by atoms with E-state index < -0.39 is 0 Å². The van der Waals surface area contributed by atoms with E-state index in [1.165, 1.54) is 0 Å². The van der Waals surface area contributed by atoms with Crippen LogP contribution >= 0.6 is 0 Å². The number of pyridine rings is 1. The van der Waals surface area contributed by atoms with Crippen LogP contribution in [0.25, 0.3) is 11.2 Å². The van der Waals surface area contributed by atoms with Gasteiger partial charge in [-0.1, -0.05) is 13.8 Å². The van der Waals surface area contributed by atoms with Gasteiger partial charge in [-0.2, -0.15) is 4.98 Å². The maximum absolute atomic E-state index is 13.3. The molecular weight excluding hydrogens is 352 g/mol. The van der Waals surface area contributed by atoms with Crippen LogP contribution in [0.5, 0.6) is 0 Å². The van der Waals surface area contributed by atoms with Crippen LogP contribution in [0.15, 0.2) is 22.7 Å². The highest BCUT2D eigenvalue weighted by molar-refractivity contribution is 5.84. The Morgan fingerprint density at radius 3 is 2.89 bits per heavy atom. The lowest BCUT2D eigenvalue weighted by Crippen LogP contribution is -2.50. The van der Waals surface area contributed by atoms with Gasteiger partial charge in [-0.25, -0.2) is 4.98 Å². The van der Waals surface area contributed by atoms with Gasteiger partial charge in [-0.3, -0.25) is 9.69 Å². The highest BCUT2D eigenvalue weighted by Crippen LogP contribution is 2.53. The Labute approximate surface area is 167 Å². The molecule has 0 aromatic carbocycles. The van der Waals surface area contributed by atoms with Crippen molar-refractivity contribution in [2.75, 3.05) is 0 Å². The second-order valence-electron chi connectivity index (χ2n) is 9.27. The number of nitrogens with one attached hydrogen (secondary N) is 1. The van der Waals surface area contributed by atoms with Crippen LogP contribution in [0.1, 0.15) is 65.7 Å². The quantitative estimate of drug-likeness (QED) is 0.784. The Balaban J connectivity index is 1.58. The van der Waals surface area contributed by atoms with Gasteiger partial charge in [0.1, 0.15) is 0 Å². The van der Waals surface area contributed by atoms with E-state index >= 15 is 0 Å². The summed E-state index contributed by atoms with van der Waals surface area (Å²) in [6, 6.07) is 4.62. The van der Waals surface area contributed by atoms with E-state index in [1.54, 1.807) is 6.20 Å². The number of oxazole rings is 1. The minimum absolute atomic E-state index is 0.166. The van der Waals surface area contributed by atoms with E-state index in [2.05, 4.69) is 34.0 Å². The minimum atomic E-state index is -0.290. The Morgan fingerprint density at radius 2 is 2.18 bits per heavy atom. The van der Waals surface area contributed by atoms with Gasteiger partial charge in [0, 0.05) is 24.3 Å². The smallest absolute Gasteiger partial charge is 0.228 e. The molecule has 1 amide bonds. The Kier molecular flexibility index (Phi) is 5.17. The monoisotopic (exact) mass is 384 g/mol. The molecule has 2 aromatic heterocycles. The zero-order valence-electron chi connectivity index (χ0n) is 17.4. The number of rotatable bonds is 7. The molecule has 6 heteroatoms. The predicted octanol–water partition coefficient (Wildman–Crippen LogP) is 3.91. The second kappa shape index (κ2) is 7.47. The average Bonchev–Trinajstić information content (AvgIpc) is 3.31. The lowest BCUT2D eigenvalue weighted by atomic mass is 9.69. The lowest BCUT2D eigenvalue weighted by Gasteiger charge is -2.37. The van der Waals surface area contributed by atoms with Crippen LogP contribution in [0.2, 0.25) is 0 Å². The number of hydrogen-bond acceptors (Lipinski definition) is 5. The molecule has 2 aromatic rings. The molecule has 2 bridgehead atoms. The van der Waals surface area contributed by atoms with Crippen molar-refractivity contribution >= 4 is 17.1 Å². The first kappa shape index (κ1) is 19.4. The molecule has 6 nitrogen and oxygen atoms in total. The largest absolute Gasteiger partial charge is 0.438 e. The molecule has 4 rings (SSSR count). The van der Waals surface area contributed by atoms with Crippen molar-refractivity contribution < 1.29 is 9.21 Å². The van der Waals surface area contributed by atoms with E-state index in [4.69, 9.17) is 4.42 Å². The zero-order chi connectivity index (χ0) is 19.9. The first-order valence-corrected chi connectivity index (χ1v) is 10.7. The molecule has 2 fully saturated rings. The maximum atomic E-state index is 13.3. The van der Waals surface area contributed by atoms with Crippen LogP contribution < -0.4 is 5.32 Å². The van der Waals surface area contributed by atoms with Crippen molar-refractivity contribution in [1.82, 2.24) is 20.2 Å². The van der Waals surface area contributed by atoms with E-state index in [0.29, 0.717) is 30.0 Å². The highest BCUT2D eigenvalue weighted by atomic mass is 16.3. The molecule has 0 saturated carbocycles. The molecule has 1 N–H and O–H groups in total. The molecule has 0 spiro atoms. The van der Waals surface area contributed by atoms with Crippen molar-refractivity contribution in [2.24, 2.45) is 11.3 Å². The first-order valence-electron chi connectivity index (χ1n) is 10.7. The summed E-state index contributed by atoms with van der Waals surface area (Å²) in [5.74, 6) is 1.54. The molecule has 3 atom stereocenters. The number of fused-ring (bicyclic) bond motifs is 3. The van der Waals surface area contributed by atoms with Crippen molar-refractivity contribution in [3.63, 3.8) is 0 Å². The summed E-state index contributed by atoms with van der Waals surface area (Å²) in [5, 5.41) is 3.23. The first-order chi connectivity index (χ1) is 13.4. The fourth-order valence-corrected chi connectivity index (χ4v) is 5.16. The molecule has 0 aliphatic carbocycles. The fraction of sp³-hybridized carbons (Fsp3) is 0.682. The van der Waals surface area contributed by atoms with E-state index in [1.807, 2.05) is 26.0 Å². The lowest BCUT2D eigenvalue weighted by molar-refractivity contribution is -0.134. The summed E-state index contributed by atoms with van der Waals surface area (Å²) in [5.41, 5.74) is 1.10. The standard InChI is InChI=1S/C22H32N4O2/c1-14(2)9-10-22(21(27)24-15(3)4)12-16-7-8-18(22)26(16)13-19-25-20-17(28-19)6-5-11-23-20/h5-6,11,14-16,18H,7-10,12-13H2,1-4H3,(H,24,27)/t16-,18+,22+/m1/s1. The summed E-state index contributed by atoms with van der Waals surface area (Å²) in [6.45, 7) is 9.23. The average molecular weight is 385 g/mol. The van der Waals surface area contributed by atoms with Crippen LogP contribution in [0, 0.1) is 11.3 Å². The second-order valence-corrected chi connectivity index (χ2v) is 9.27. The third-order valence-corrected chi connectivity index (χ3v) is 6.45. The SMILES string of the molecule is CC(C)CC[C@]1(C(=O)NC(C)C)C[C@H]2CC[C@@H]1N2Cc1nc2ncccc2o1. The third kappa shape index (κ3) is 3.43. The van der Waals surface area contributed by atoms with E-state index in [-0.39, 0.29) is 23.4 Å². The summed E-state index contributed by atoms with van der Waals surface area (Å²) >= 11 is 0. The van der Waals surface area contributed by atoms with Gasteiger partial charge in [-0.15, -0.1) is 0 Å². The maximum Gasteiger partial charge on any atom is 0.228 e. The third-order valence-electron chi connectivity index (χ3n) is 6.45. The topological polar surface area (TPSA) is 71.3 Å². The molecule has 0 unspecified atom stereocenters. The van der Waals surface area contributed by atoms with Crippen molar-refractivity contribution in [3.05, 3.63) is 24.2 Å². The molecule has 0 radical (unpaired) electrons. The summed E-state index contributed by atoms with van der Waals surface area (Å²) in [6.07, 6.45) is 6.95. The van der Waals surface area contributed by atoms with Gasteiger partial charge in [0.2, 0.25) is 11.8 Å². The highest BCUT2D eigenvalue weighted by Gasteiger charge is 2.59. The number of carbonyl (C=O) groups excluding carboxylic acids is 1. The van der Waals surface area contributed by atoms with Gasteiger partial charge in [0.05, 0.1) is 12.0 Å². The van der Waals surface area contributed by atoms with Crippen LogP contribution in [0.4, 0.5) is 0 Å². The molecule has 28 heavy (non-hydrogen) atoms. The van der Waals surface area contributed by atoms with Gasteiger partial charge in [-0.05, 0) is 64.0 Å². The van der Waals surface area contributed by atoms with Gasteiger partial charge in [0.25, 0.3) is 0 Å². The summed E-state index contributed by atoms with van der Waals surface area (Å²) < 4.78 is 5.93. The van der Waals surface area contributed by atoms with Crippen molar-refractivity contribution in [2.45, 2.75) is 84.5 Å². The Bertz CT molecular complexity index is 813. The van der Waals surface area contributed by atoms with Gasteiger partial charge < -0.3 is 9.73 Å². The number of hydrogen-bond donors (Lipinski definition) is 1. The van der Waals surface area contributed by atoms with Crippen molar-refractivity contribution in [3.8, 4) is 0 Å². The number of carbonyl (C=O) groups is 1. The summed E-state index contributed by atoms with van der Waals surface area (Å²) in [7, 11) is 0. The minimum Gasteiger partial charge on any atom is -0.438 e. The van der Waals surface area contributed by atoms with Gasteiger partial charge >= 0.3 is 0 Å². The number of amides is 1. The zero-order valence-corrected chi connectivity index (χ0v) is 17.4. The number of aromatic nitrogens is 2. The number of nitrogens with zero attached hydrogens (tertiary/aromatic N) is 3. The van der Waals surface area contributed by atoms with Gasteiger partial charge in [0.15, 0.2) is 11.2 Å². The van der Waals surface area contributed by atoms with E-state index in [9.17, 15) is 4.79 Å². The Morgan fingerprint density at radius 1 is 1.36 bits per heavy atom. The fourth-order valence-electron chi connectivity index (χ4n) is 5.16. The van der Waals surface area contributed by atoms with Crippen molar-refractivity contribution in [1.29, 1.82) is 0 Å². The molecule has 2 saturated heterocycles. The molecule has 2 aliphatic heterocycles. The normalized spacial score (nSPS) is 27.4. The summed E-state index contributed by atoms with van der Waals surface area (Å²) in [4.78, 5) is 24.7. The molecule has 2 aliphatic rings. The van der Waals surface area contributed by atoms with Crippen LogP contribution in [-0.4, -0.2) is 38.9 Å². The van der Waals surface area contributed by atoms with Crippen LogP contribution in [0.3, 0.4) is 0 Å². The van der Waals surface area contributed by atoms with E-state index in [0.717, 1.165) is 37.7 Å². The Hall–Kier alpha value is -1.95.